The first-order chi connectivity index (χ1) is 10.3. The molecule has 2 nitrogen and oxygen atoms in total. The quantitative estimate of drug-likeness (QED) is 0.399. The summed E-state index contributed by atoms with van der Waals surface area (Å²) in [6, 6.07) is 0. The summed E-state index contributed by atoms with van der Waals surface area (Å²) in [4.78, 5) is 5.10. The smallest absolute Gasteiger partial charge is 0.101 e. The van der Waals surface area contributed by atoms with Gasteiger partial charge in [0, 0.05) is 25.5 Å². The summed E-state index contributed by atoms with van der Waals surface area (Å²) in [5, 5.41) is 0. The maximum absolute atomic E-state index is 2.59. The minimum absolute atomic E-state index is 0.640. The highest BCUT2D eigenvalue weighted by Crippen LogP contribution is 2.22. The van der Waals surface area contributed by atoms with Crippen LogP contribution in [-0.4, -0.2) is 29.1 Å². The summed E-state index contributed by atoms with van der Waals surface area (Å²) in [5.74, 6) is 0. The first kappa shape index (κ1) is 18.4. The zero-order valence-electron chi connectivity index (χ0n) is 14.8. The van der Waals surface area contributed by atoms with Crippen LogP contribution in [0.4, 0.5) is 0 Å². The van der Waals surface area contributed by atoms with Gasteiger partial charge in [-0.05, 0) is 26.2 Å². The van der Waals surface area contributed by atoms with Gasteiger partial charge in [-0.3, -0.25) is 0 Å². The lowest BCUT2D eigenvalue weighted by Gasteiger charge is -2.32. The molecule has 124 valence electrons. The molecule has 2 heteroatoms. The second kappa shape index (κ2) is 11.9. The molecule has 0 amide bonds. The van der Waals surface area contributed by atoms with Crippen LogP contribution in [-0.2, 0) is 0 Å². The first-order valence-electron chi connectivity index (χ1n) is 9.53. The van der Waals surface area contributed by atoms with Crippen molar-refractivity contribution in [2.45, 2.75) is 97.6 Å². The summed E-state index contributed by atoms with van der Waals surface area (Å²) in [5.41, 5.74) is 0. The van der Waals surface area contributed by atoms with Gasteiger partial charge >= 0.3 is 0 Å². The van der Waals surface area contributed by atoms with E-state index in [2.05, 4.69) is 43.0 Å². The highest BCUT2D eigenvalue weighted by Gasteiger charge is 2.23. The Hall–Kier alpha value is -0.660. The van der Waals surface area contributed by atoms with Gasteiger partial charge in [0.2, 0.25) is 0 Å². The largest absolute Gasteiger partial charge is 0.356 e. The minimum atomic E-state index is 0.640. The molecule has 0 fully saturated rings. The van der Waals surface area contributed by atoms with Gasteiger partial charge < -0.3 is 9.80 Å². The van der Waals surface area contributed by atoms with Crippen molar-refractivity contribution in [2.75, 3.05) is 13.1 Å². The minimum Gasteiger partial charge on any atom is -0.356 e. The molecule has 21 heavy (non-hydrogen) atoms. The zero-order chi connectivity index (χ0) is 15.3. The Bertz CT molecular complexity index is 262. The number of hydrogen-bond donors (Lipinski definition) is 0. The van der Waals surface area contributed by atoms with Gasteiger partial charge in [0.05, 0.1) is 0 Å². The van der Waals surface area contributed by atoms with Crippen LogP contribution >= 0.6 is 0 Å². The molecular weight excluding hydrogens is 256 g/mol. The molecule has 1 atom stereocenters. The summed E-state index contributed by atoms with van der Waals surface area (Å²) >= 11 is 0. The third-order valence-corrected chi connectivity index (χ3v) is 4.67. The van der Waals surface area contributed by atoms with Crippen molar-refractivity contribution in [3.05, 3.63) is 12.4 Å². The molecule has 0 aromatic heterocycles. The Morgan fingerprint density at radius 3 is 1.90 bits per heavy atom. The Morgan fingerprint density at radius 1 is 0.667 bits per heavy atom. The van der Waals surface area contributed by atoms with Crippen molar-refractivity contribution in [1.29, 1.82) is 0 Å². The topological polar surface area (TPSA) is 6.48 Å². The van der Waals surface area contributed by atoms with Gasteiger partial charge in [0.15, 0.2) is 0 Å². The Labute approximate surface area is 133 Å². The maximum atomic E-state index is 2.59. The monoisotopic (exact) mass is 294 g/mol. The van der Waals surface area contributed by atoms with E-state index in [4.69, 9.17) is 0 Å². The van der Waals surface area contributed by atoms with E-state index in [0.29, 0.717) is 6.17 Å². The third kappa shape index (κ3) is 7.24. The number of nitrogens with zero attached hydrogens (tertiary/aromatic N) is 2. The lowest BCUT2D eigenvalue weighted by Crippen LogP contribution is -2.38. The average Bonchev–Trinajstić information content (AvgIpc) is 2.89. The van der Waals surface area contributed by atoms with E-state index in [9.17, 15) is 0 Å². The lowest BCUT2D eigenvalue weighted by molar-refractivity contribution is 0.142. The van der Waals surface area contributed by atoms with Crippen molar-refractivity contribution in [3.63, 3.8) is 0 Å². The second-order valence-electron chi connectivity index (χ2n) is 6.46. The molecule has 0 saturated heterocycles. The predicted octanol–water partition coefficient (Wildman–Crippen LogP) is 5.75. The van der Waals surface area contributed by atoms with Gasteiger partial charge in [-0.2, -0.15) is 0 Å². The number of unbranched alkanes of at least 4 members (excludes halogenated alkanes) is 8. The molecule has 1 heterocycles. The fourth-order valence-corrected chi connectivity index (χ4v) is 3.26. The maximum Gasteiger partial charge on any atom is 0.101 e. The van der Waals surface area contributed by atoms with Crippen molar-refractivity contribution in [2.24, 2.45) is 0 Å². The summed E-state index contributed by atoms with van der Waals surface area (Å²) < 4.78 is 0. The van der Waals surface area contributed by atoms with Gasteiger partial charge in [-0.1, -0.05) is 65.2 Å². The third-order valence-electron chi connectivity index (χ3n) is 4.67. The summed E-state index contributed by atoms with van der Waals surface area (Å²) in [6.45, 7) is 9.24. The summed E-state index contributed by atoms with van der Waals surface area (Å²) in [7, 11) is 0. The molecule has 0 spiro atoms. The molecule has 0 aromatic carbocycles. The zero-order valence-corrected chi connectivity index (χ0v) is 14.8. The Balaban J connectivity index is 2.17. The van der Waals surface area contributed by atoms with E-state index in [1.165, 1.54) is 77.2 Å². The lowest BCUT2D eigenvalue weighted by atomic mass is 10.1. The van der Waals surface area contributed by atoms with Crippen molar-refractivity contribution >= 4 is 0 Å². The second-order valence-corrected chi connectivity index (χ2v) is 6.46. The normalized spacial score (nSPS) is 18.0. The molecule has 1 unspecified atom stereocenters. The van der Waals surface area contributed by atoms with Crippen molar-refractivity contribution in [1.82, 2.24) is 9.80 Å². The fraction of sp³-hybridized carbons (Fsp3) is 0.895. The molecule has 0 aliphatic carbocycles. The number of rotatable bonds is 13. The molecule has 1 aliphatic heterocycles. The van der Waals surface area contributed by atoms with E-state index < -0.39 is 0 Å². The average molecular weight is 295 g/mol. The van der Waals surface area contributed by atoms with Gasteiger partial charge in [0.25, 0.3) is 0 Å². The van der Waals surface area contributed by atoms with Crippen LogP contribution in [0, 0.1) is 0 Å². The highest BCUT2D eigenvalue weighted by atomic mass is 15.4. The van der Waals surface area contributed by atoms with Crippen molar-refractivity contribution < 1.29 is 0 Å². The van der Waals surface area contributed by atoms with E-state index in [1.807, 2.05) is 0 Å². The van der Waals surface area contributed by atoms with E-state index >= 15 is 0 Å². The summed E-state index contributed by atoms with van der Waals surface area (Å²) in [6.07, 6.45) is 20.5. The number of hydrogen-bond acceptors (Lipinski definition) is 2. The van der Waals surface area contributed by atoms with E-state index in [-0.39, 0.29) is 0 Å². The first-order valence-corrected chi connectivity index (χ1v) is 9.53. The van der Waals surface area contributed by atoms with Crippen LogP contribution in [0.2, 0.25) is 0 Å². The molecule has 0 saturated carbocycles. The molecule has 0 bridgehead atoms. The molecule has 0 aromatic rings. The fourth-order valence-electron chi connectivity index (χ4n) is 3.26. The standard InChI is InChI=1S/C19H38N2/c1-4-7-9-10-11-12-14-16-21-18-17-20(6-3)19(21)15-13-8-5-2/h17-19H,4-16H2,1-3H3. The van der Waals surface area contributed by atoms with Gasteiger partial charge in [-0.25, -0.2) is 0 Å². The molecule has 1 aliphatic rings. The molecule has 0 N–H and O–H groups in total. The van der Waals surface area contributed by atoms with Crippen LogP contribution in [0.5, 0.6) is 0 Å². The molecule has 0 radical (unpaired) electrons. The van der Waals surface area contributed by atoms with Gasteiger partial charge in [0.1, 0.15) is 6.17 Å². The van der Waals surface area contributed by atoms with E-state index in [1.54, 1.807) is 0 Å². The van der Waals surface area contributed by atoms with Crippen LogP contribution in [0.15, 0.2) is 12.4 Å². The van der Waals surface area contributed by atoms with Crippen LogP contribution in [0.25, 0.3) is 0 Å². The SMILES string of the molecule is CCCCCCCCCN1C=CN(CC)C1CCCCC. The highest BCUT2D eigenvalue weighted by molar-refractivity contribution is 4.96. The Morgan fingerprint density at radius 2 is 1.24 bits per heavy atom. The van der Waals surface area contributed by atoms with Gasteiger partial charge in [-0.15, -0.1) is 0 Å². The molecular formula is C19H38N2. The van der Waals surface area contributed by atoms with Crippen LogP contribution in [0.3, 0.4) is 0 Å². The predicted molar refractivity (Wildman–Crippen MR) is 94.1 cm³/mol. The van der Waals surface area contributed by atoms with Crippen LogP contribution in [0.1, 0.15) is 91.4 Å². The Kier molecular flexibility index (Phi) is 10.5. The molecule has 1 rings (SSSR count). The van der Waals surface area contributed by atoms with Crippen molar-refractivity contribution in [3.8, 4) is 0 Å². The van der Waals surface area contributed by atoms with E-state index in [0.717, 1.165) is 6.54 Å². The van der Waals surface area contributed by atoms with Crippen LogP contribution < -0.4 is 0 Å².